The van der Waals surface area contributed by atoms with E-state index in [-0.39, 0.29) is 22.6 Å². The largest absolute Gasteiger partial charge is 0.493 e. The van der Waals surface area contributed by atoms with Crippen LogP contribution in [0.1, 0.15) is 40.4 Å². The topological polar surface area (TPSA) is 95.0 Å². The van der Waals surface area contributed by atoms with Crippen LogP contribution in [0.2, 0.25) is 0 Å². The number of ether oxygens (including phenoxy) is 2. The van der Waals surface area contributed by atoms with Crippen molar-refractivity contribution in [2.75, 3.05) is 18.6 Å². The molecule has 5 rings (SSSR count). The molecule has 2 aromatic carbocycles. The number of halogens is 1. The van der Waals surface area contributed by atoms with Crippen molar-refractivity contribution in [2.45, 2.75) is 19.9 Å². The quantitative estimate of drug-likeness (QED) is 0.372. The number of benzene rings is 2. The second-order valence-electron chi connectivity index (χ2n) is 7.53. The lowest BCUT2D eigenvalue weighted by atomic mass is 9.98. The minimum absolute atomic E-state index is 0.0201. The molecular weight excluding hydrogens is 492 g/mol. The highest BCUT2D eigenvalue weighted by atomic mass is 79.9. The van der Waals surface area contributed by atoms with E-state index in [1.54, 1.807) is 49.4 Å². The number of hydrogen-bond donors (Lipinski definition) is 0. The fourth-order valence-electron chi connectivity index (χ4n) is 4.09. The first-order valence-corrected chi connectivity index (χ1v) is 11.1. The summed E-state index contributed by atoms with van der Waals surface area (Å²) in [5.74, 6) is 1.37. The molecule has 0 bridgehead atoms. The van der Waals surface area contributed by atoms with Crippen LogP contribution in [0.3, 0.4) is 0 Å². The Morgan fingerprint density at radius 1 is 1.12 bits per heavy atom. The third-order valence-corrected chi connectivity index (χ3v) is 5.99. The smallest absolute Gasteiger partial charge is 0.296 e. The van der Waals surface area contributed by atoms with Gasteiger partial charge in [0.05, 0.1) is 30.7 Å². The van der Waals surface area contributed by atoms with Crippen LogP contribution in [-0.2, 0) is 0 Å². The molecule has 0 radical (unpaired) electrons. The monoisotopic (exact) mass is 510 g/mol. The maximum atomic E-state index is 13.6. The number of anilines is 1. The molecule has 33 heavy (non-hydrogen) atoms. The zero-order chi connectivity index (χ0) is 23.3. The third-order valence-electron chi connectivity index (χ3n) is 5.50. The summed E-state index contributed by atoms with van der Waals surface area (Å²) in [6.45, 7) is 4.08. The first kappa shape index (κ1) is 21.3. The average Bonchev–Trinajstić information content (AvgIpc) is 3.36. The molecule has 2 aromatic heterocycles. The number of aryl methyl sites for hydroxylation is 1. The van der Waals surface area contributed by atoms with E-state index in [4.69, 9.17) is 18.4 Å². The molecule has 168 valence electrons. The van der Waals surface area contributed by atoms with E-state index in [1.807, 2.05) is 6.92 Å². The Morgan fingerprint density at radius 2 is 1.94 bits per heavy atom. The lowest BCUT2D eigenvalue weighted by Crippen LogP contribution is -2.29. The van der Waals surface area contributed by atoms with Crippen molar-refractivity contribution < 1.29 is 23.2 Å². The molecule has 0 saturated heterocycles. The van der Waals surface area contributed by atoms with Gasteiger partial charge < -0.3 is 18.4 Å². The second-order valence-corrected chi connectivity index (χ2v) is 8.45. The van der Waals surface area contributed by atoms with E-state index < -0.39 is 11.9 Å². The van der Waals surface area contributed by atoms with Crippen LogP contribution >= 0.6 is 15.9 Å². The molecule has 8 nitrogen and oxygen atoms in total. The maximum Gasteiger partial charge on any atom is 0.296 e. The van der Waals surface area contributed by atoms with E-state index in [2.05, 4.69) is 21.1 Å². The molecule has 1 aliphatic heterocycles. The molecule has 0 N–H and O–H groups in total. The molecule has 1 unspecified atom stereocenters. The van der Waals surface area contributed by atoms with Crippen LogP contribution < -0.4 is 19.8 Å². The van der Waals surface area contributed by atoms with Crippen molar-refractivity contribution in [3.8, 4) is 11.5 Å². The first-order chi connectivity index (χ1) is 15.9. The van der Waals surface area contributed by atoms with Crippen molar-refractivity contribution in [1.82, 2.24) is 5.16 Å². The minimum Gasteiger partial charge on any atom is -0.493 e. The van der Waals surface area contributed by atoms with Crippen molar-refractivity contribution in [3.05, 3.63) is 79.8 Å². The number of carbonyl (C=O) groups is 1. The molecule has 4 aromatic rings. The summed E-state index contributed by atoms with van der Waals surface area (Å²) in [6.07, 6.45) is 0. The fraction of sp³-hybridized carbons (Fsp3) is 0.208. The summed E-state index contributed by atoms with van der Waals surface area (Å²) < 4.78 is 23.0. The highest BCUT2D eigenvalue weighted by Gasteiger charge is 2.45. The van der Waals surface area contributed by atoms with Crippen LogP contribution in [0.5, 0.6) is 11.5 Å². The molecule has 1 amide bonds. The number of rotatable bonds is 5. The van der Waals surface area contributed by atoms with Gasteiger partial charge in [-0.05, 0) is 49.7 Å². The first-order valence-electron chi connectivity index (χ1n) is 10.3. The number of hydrogen-bond acceptors (Lipinski definition) is 7. The Balaban J connectivity index is 1.79. The van der Waals surface area contributed by atoms with E-state index in [9.17, 15) is 9.59 Å². The molecule has 0 aliphatic carbocycles. The number of amides is 1. The van der Waals surface area contributed by atoms with Crippen LogP contribution in [-0.4, -0.2) is 24.8 Å². The molecule has 0 spiro atoms. The van der Waals surface area contributed by atoms with Crippen molar-refractivity contribution in [3.63, 3.8) is 0 Å². The SMILES string of the molecule is CCOc1ccc(C2c3c(oc4ccc(Br)cc4c3=O)C(=O)N2c2cc(C)on2)cc1OC. The van der Waals surface area contributed by atoms with E-state index in [0.717, 1.165) is 4.47 Å². The van der Waals surface area contributed by atoms with E-state index in [1.165, 1.54) is 12.0 Å². The summed E-state index contributed by atoms with van der Waals surface area (Å²) in [5, 5.41) is 4.41. The van der Waals surface area contributed by atoms with Crippen LogP contribution in [0.25, 0.3) is 11.0 Å². The van der Waals surface area contributed by atoms with Crippen molar-refractivity contribution in [1.29, 1.82) is 0 Å². The molecule has 9 heteroatoms. The Bertz CT molecular complexity index is 1460. The van der Waals surface area contributed by atoms with Gasteiger partial charge in [0.2, 0.25) is 5.76 Å². The normalized spacial score (nSPS) is 15.2. The highest BCUT2D eigenvalue weighted by Crippen LogP contribution is 2.43. The van der Waals surface area contributed by atoms with Crippen LogP contribution in [0.4, 0.5) is 5.82 Å². The van der Waals surface area contributed by atoms with Crippen LogP contribution in [0.15, 0.2) is 60.7 Å². The molecule has 0 saturated carbocycles. The number of carbonyl (C=O) groups excluding carboxylic acids is 1. The maximum absolute atomic E-state index is 13.6. The Labute approximate surface area is 196 Å². The van der Waals surface area contributed by atoms with Crippen molar-refractivity contribution >= 4 is 38.6 Å². The Morgan fingerprint density at radius 3 is 2.64 bits per heavy atom. The Hall–Kier alpha value is -3.59. The predicted octanol–water partition coefficient (Wildman–Crippen LogP) is 5.01. The summed E-state index contributed by atoms with van der Waals surface area (Å²) in [5.41, 5.74) is 0.917. The summed E-state index contributed by atoms with van der Waals surface area (Å²) in [4.78, 5) is 28.6. The van der Waals surface area contributed by atoms with Gasteiger partial charge in [0.1, 0.15) is 11.3 Å². The number of fused-ring (bicyclic) bond motifs is 2. The van der Waals surface area contributed by atoms with Gasteiger partial charge in [0.25, 0.3) is 5.91 Å². The average molecular weight is 511 g/mol. The third kappa shape index (κ3) is 3.39. The van der Waals surface area contributed by atoms with Crippen molar-refractivity contribution in [2.24, 2.45) is 0 Å². The zero-order valence-electron chi connectivity index (χ0n) is 18.0. The molecule has 0 fully saturated rings. The van der Waals surface area contributed by atoms with Gasteiger partial charge in [-0.3, -0.25) is 14.5 Å². The van der Waals surface area contributed by atoms with Gasteiger partial charge in [-0.2, -0.15) is 0 Å². The number of methoxy groups -OCH3 is 1. The molecule has 1 atom stereocenters. The highest BCUT2D eigenvalue weighted by molar-refractivity contribution is 9.10. The molecular formula is C24H19BrN2O6. The van der Waals surface area contributed by atoms with Gasteiger partial charge in [-0.25, -0.2) is 0 Å². The van der Waals surface area contributed by atoms with Gasteiger partial charge in [0, 0.05) is 10.5 Å². The zero-order valence-corrected chi connectivity index (χ0v) is 19.6. The minimum atomic E-state index is -0.791. The van der Waals surface area contributed by atoms with E-state index in [0.29, 0.717) is 40.4 Å². The fourth-order valence-corrected chi connectivity index (χ4v) is 4.45. The van der Waals surface area contributed by atoms with Gasteiger partial charge >= 0.3 is 0 Å². The lowest BCUT2D eigenvalue weighted by Gasteiger charge is -2.23. The standard InChI is InChI=1S/C24H19BrN2O6/c1-4-31-17-7-5-13(10-18(17)30-3)21-20-22(28)15-11-14(25)6-8-16(15)32-23(20)24(29)27(21)19-9-12(2)33-26-19/h5-11,21H,4H2,1-3H3. The Kier molecular flexibility index (Phi) is 5.20. The second kappa shape index (κ2) is 8.08. The lowest BCUT2D eigenvalue weighted by molar-refractivity contribution is 0.0969. The summed E-state index contributed by atoms with van der Waals surface area (Å²) >= 11 is 3.40. The number of nitrogens with zero attached hydrogens (tertiary/aromatic N) is 2. The summed E-state index contributed by atoms with van der Waals surface area (Å²) in [6, 6.07) is 11.3. The predicted molar refractivity (Wildman–Crippen MR) is 124 cm³/mol. The summed E-state index contributed by atoms with van der Waals surface area (Å²) in [7, 11) is 1.54. The van der Waals surface area contributed by atoms with Crippen LogP contribution in [0, 0.1) is 6.92 Å². The van der Waals surface area contributed by atoms with Gasteiger partial charge in [-0.15, -0.1) is 0 Å². The van der Waals surface area contributed by atoms with E-state index >= 15 is 0 Å². The molecule has 1 aliphatic rings. The van der Waals surface area contributed by atoms with Gasteiger partial charge in [-0.1, -0.05) is 27.2 Å². The number of aromatic nitrogens is 1. The molecule has 3 heterocycles. The van der Waals surface area contributed by atoms with Gasteiger partial charge in [0.15, 0.2) is 22.7 Å².